The molecule has 2 saturated carbocycles. The first-order valence-electron chi connectivity index (χ1n) is 9.04. The van der Waals surface area contributed by atoms with Gasteiger partial charge in [0, 0.05) is 26.2 Å². The van der Waals surface area contributed by atoms with Crippen LogP contribution in [-0.4, -0.2) is 56.0 Å². The van der Waals surface area contributed by atoms with Crippen LogP contribution in [0.3, 0.4) is 0 Å². The van der Waals surface area contributed by atoms with Gasteiger partial charge in [0.05, 0.1) is 10.5 Å². The molecule has 0 aromatic carbocycles. The van der Waals surface area contributed by atoms with Crippen LogP contribution in [0.1, 0.15) is 52.4 Å². The van der Waals surface area contributed by atoms with E-state index in [-0.39, 0.29) is 29.7 Å². The minimum Gasteiger partial charge on any atom is -0.353 e. The SMILES string of the molecule is CN=C(NC1CC1C1CCCCC1)N1CCS(=O)(=O)C(C)(C)C1.I. The van der Waals surface area contributed by atoms with Gasteiger partial charge in [0.15, 0.2) is 15.8 Å². The second-order valence-electron chi connectivity index (χ2n) is 8.10. The van der Waals surface area contributed by atoms with Crippen molar-refractivity contribution in [3.8, 4) is 0 Å². The number of nitrogens with zero attached hydrogens (tertiary/aromatic N) is 2. The first-order chi connectivity index (χ1) is 10.8. The average Bonchev–Trinajstić information content (AvgIpc) is 3.28. The molecule has 24 heavy (non-hydrogen) atoms. The molecule has 2 atom stereocenters. The van der Waals surface area contributed by atoms with Crippen molar-refractivity contribution in [2.75, 3.05) is 25.9 Å². The van der Waals surface area contributed by atoms with Crippen LogP contribution in [0.25, 0.3) is 0 Å². The third kappa shape index (κ3) is 4.19. The van der Waals surface area contributed by atoms with Crippen molar-refractivity contribution in [1.82, 2.24) is 10.2 Å². The standard InChI is InChI=1S/C17H31N3O2S.HI/c1-17(2)12-20(9-10-23(17,21)22)16(18-3)19-15-11-14(15)13-7-5-4-6-8-13;/h13-15H,4-12H2,1-3H3,(H,18,19);1H. The molecule has 1 heterocycles. The molecule has 7 heteroatoms. The van der Waals surface area contributed by atoms with Gasteiger partial charge in [-0.05, 0) is 32.1 Å². The number of guanidine groups is 1. The molecule has 0 aromatic heterocycles. The molecule has 0 aromatic rings. The molecule has 0 radical (unpaired) electrons. The van der Waals surface area contributed by atoms with Crippen molar-refractivity contribution >= 4 is 39.8 Å². The molecular weight excluding hydrogens is 437 g/mol. The van der Waals surface area contributed by atoms with Crippen LogP contribution >= 0.6 is 24.0 Å². The molecular formula is C17H32IN3O2S. The number of sulfone groups is 1. The molecule has 1 aliphatic heterocycles. The van der Waals surface area contributed by atoms with E-state index < -0.39 is 14.6 Å². The van der Waals surface area contributed by atoms with Gasteiger partial charge < -0.3 is 10.2 Å². The van der Waals surface area contributed by atoms with E-state index in [1.807, 2.05) is 13.8 Å². The van der Waals surface area contributed by atoms with Gasteiger partial charge in [0.25, 0.3) is 0 Å². The minimum atomic E-state index is -3.00. The maximum atomic E-state index is 12.2. The van der Waals surface area contributed by atoms with E-state index in [9.17, 15) is 8.42 Å². The van der Waals surface area contributed by atoms with Gasteiger partial charge in [0.1, 0.15) is 0 Å². The lowest BCUT2D eigenvalue weighted by molar-refractivity contribution is 0.312. The molecule has 2 aliphatic carbocycles. The van der Waals surface area contributed by atoms with Gasteiger partial charge in [0.2, 0.25) is 0 Å². The molecule has 0 amide bonds. The Morgan fingerprint density at radius 1 is 1.21 bits per heavy atom. The monoisotopic (exact) mass is 469 g/mol. The Morgan fingerprint density at radius 3 is 2.46 bits per heavy atom. The summed E-state index contributed by atoms with van der Waals surface area (Å²) in [4.78, 5) is 6.54. The van der Waals surface area contributed by atoms with E-state index in [1.54, 1.807) is 7.05 Å². The Labute approximate surface area is 164 Å². The maximum Gasteiger partial charge on any atom is 0.193 e. The summed E-state index contributed by atoms with van der Waals surface area (Å²) in [6.07, 6.45) is 8.20. The molecule has 5 nitrogen and oxygen atoms in total. The molecule has 1 N–H and O–H groups in total. The van der Waals surface area contributed by atoms with E-state index in [0.717, 1.165) is 17.8 Å². The number of halogens is 1. The van der Waals surface area contributed by atoms with Crippen molar-refractivity contribution in [3.05, 3.63) is 0 Å². The third-order valence-electron chi connectivity index (χ3n) is 5.96. The van der Waals surface area contributed by atoms with Crippen molar-refractivity contribution in [2.45, 2.75) is 63.2 Å². The molecule has 3 fully saturated rings. The van der Waals surface area contributed by atoms with Crippen molar-refractivity contribution in [3.63, 3.8) is 0 Å². The van der Waals surface area contributed by atoms with Gasteiger partial charge in [-0.25, -0.2) is 8.42 Å². The van der Waals surface area contributed by atoms with Crippen molar-refractivity contribution in [1.29, 1.82) is 0 Å². The zero-order valence-corrected chi connectivity index (χ0v) is 18.3. The summed E-state index contributed by atoms with van der Waals surface area (Å²) >= 11 is 0. The van der Waals surface area contributed by atoms with Crippen LogP contribution in [0.4, 0.5) is 0 Å². The summed E-state index contributed by atoms with van der Waals surface area (Å²) in [6, 6.07) is 0.540. The third-order valence-corrected chi connectivity index (χ3v) is 8.50. The van der Waals surface area contributed by atoms with Crippen LogP contribution < -0.4 is 5.32 Å². The number of aliphatic imine (C=N–C) groups is 1. The largest absolute Gasteiger partial charge is 0.353 e. The van der Waals surface area contributed by atoms with Crippen molar-refractivity contribution in [2.24, 2.45) is 16.8 Å². The zero-order chi connectivity index (χ0) is 16.7. The lowest BCUT2D eigenvalue weighted by atomic mass is 9.85. The molecule has 0 bridgehead atoms. The molecule has 3 aliphatic rings. The molecule has 0 spiro atoms. The average molecular weight is 469 g/mol. The lowest BCUT2D eigenvalue weighted by Gasteiger charge is -2.39. The Balaban J connectivity index is 0.00000208. The number of rotatable bonds is 2. The van der Waals surface area contributed by atoms with Crippen LogP contribution in [0, 0.1) is 11.8 Å². The molecule has 3 rings (SSSR count). The predicted molar refractivity (Wildman–Crippen MR) is 110 cm³/mol. The first kappa shape index (κ1) is 20.3. The highest BCUT2D eigenvalue weighted by Crippen LogP contribution is 2.44. The molecule has 2 unspecified atom stereocenters. The Bertz CT molecular complexity index is 570. The summed E-state index contributed by atoms with van der Waals surface area (Å²) in [5.41, 5.74) is 0. The summed E-state index contributed by atoms with van der Waals surface area (Å²) in [7, 11) is -1.20. The summed E-state index contributed by atoms with van der Waals surface area (Å²) in [5.74, 6) is 2.79. The Kier molecular flexibility index (Phi) is 6.48. The highest BCUT2D eigenvalue weighted by atomic mass is 127. The Morgan fingerprint density at radius 2 is 1.88 bits per heavy atom. The van der Waals surface area contributed by atoms with Crippen molar-refractivity contribution < 1.29 is 8.42 Å². The maximum absolute atomic E-state index is 12.2. The van der Waals surface area contributed by atoms with Gasteiger partial charge in [-0.2, -0.15) is 0 Å². The summed E-state index contributed by atoms with van der Waals surface area (Å²) in [5, 5.41) is 3.60. The molecule has 1 saturated heterocycles. The van der Waals surface area contributed by atoms with Crippen LogP contribution in [0.5, 0.6) is 0 Å². The highest BCUT2D eigenvalue weighted by Gasteiger charge is 2.45. The lowest BCUT2D eigenvalue weighted by Crippen LogP contribution is -2.57. The Hall–Kier alpha value is -0.0500. The second-order valence-corrected chi connectivity index (χ2v) is 10.8. The van der Waals surface area contributed by atoms with Gasteiger partial charge in [-0.3, -0.25) is 4.99 Å². The fourth-order valence-electron chi connectivity index (χ4n) is 4.25. The van der Waals surface area contributed by atoms with Gasteiger partial charge in [-0.1, -0.05) is 32.1 Å². The van der Waals surface area contributed by atoms with Gasteiger partial charge in [-0.15, -0.1) is 24.0 Å². The van der Waals surface area contributed by atoms with E-state index in [4.69, 9.17) is 0 Å². The van der Waals surface area contributed by atoms with Crippen LogP contribution in [0.15, 0.2) is 4.99 Å². The second kappa shape index (κ2) is 7.68. The molecule has 140 valence electrons. The van der Waals surface area contributed by atoms with Crippen LogP contribution in [0.2, 0.25) is 0 Å². The first-order valence-corrected chi connectivity index (χ1v) is 10.7. The topological polar surface area (TPSA) is 61.8 Å². The fraction of sp³-hybridized carbons (Fsp3) is 0.941. The minimum absolute atomic E-state index is 0. The normalized spacial score (nSPS) is 32.8. The summed E-state index contributed by atoms with van der Waals surface area (Å²) in [6.45, 7) is 4.72. The van der Waals surface area contributed by atoms with E-state index in [1.165, 1.54) is 38.5 Å². The fourth-order valence-corrected chi connectivity index (χ4v) is 5.62. The van der Waals surface area contributed by atoms with Crippen LogP contribution in [-0.2, 0) is 9.84 Å². The van der Waals surface area contributed by atoms with E-state index in [2.05, 4.69) is 15.2 Å². The smallest absolute Gasteiger partial charge is 0.193 e. The number of nitrogens with one attached hydrogen (secondary N) is 1. The predicted octanol–water partition coefficient (Wildman–Crippen LogP) is 2.66. The van der Waals surface area contributed by atoms with E-state index >= 15 is 0 Å². The number of hydrogen-bond donors (Lipinski definition) is 1. The quantitative estimate of drug-likeness (QED) is 0.384. The van der Waals surface area contributed by atoms with Gasteiger partial charge >= 0.3 is 0 Å². The van der Waals surface area contributed by atoms with E-state index in [0.29, 0.717) is 19.1 Å². The highest BCUT2D eigenvalue weighted by molar-refractivity contribution is 14.0. The number of hydrogen-bond acceptors (Lipinski definition) is 3. The summed E-state index contributed by atoms with van der Waals surface area (Å²) < 4.78 is 23.6. The zero-order valence-electron chi connectivity index (χ0n) is 15.1.